The van der Waals surface area contributed by atoms with Crippen LogP contribution < -0.4 is 5.32 Å². The standard InChI is InChI=1S/C19H19FN4O4S/c1-3-24-18(15-5-4-8-27-15)22-23-19(24)29-11-17(26)28-10-16(25)21-13-7-6-12(2)14(20)9-13/h4-9H,3,10-11H2,1-2H3,(H,21,25). The van der Waals surface area contributed by atoms with Crippen LogP contribution in [0.3, 0.4) is 0 Å². The van der Waals surface area contributed by atoms with E-state index in [1.54, 1.807) is 37.5 Å². The lowest BCUT2D eigenvalue weighted by Gasteiger charge is -2.08. The van der Waals surface area contributed by atoms with E-state index in [9.17, 15) is 14.0 Å². The monoisotopic (exact) mass is 418 g/mol. The van der Waals surface area contributed by atoms with Gasteiger partial charge in [0.1, 0.15) is 5.82 Å². The molecule has 152 valence electrons. The summed E-state index contributed by atoms with van der Waals surface area (Å²) in [6, 6.07) is 7.86. The average molecular weight is 418 g/mol. The predicted octanol–water partition coefficient (Wildman–Crippen LogP) is 3.28. The number of hydrogen-bond acceptors (Lipinski definition) is 7. The summed E-state index contributed by atoms with van der Waals surface area (Å²) in [6.45, 7) is 3.68. The van der Waals surface area contributed by atoms with E-state index < -0.39 is 24.3 Å². The quantitative estimate of drug-likeness (QED) is 0.443. The number of carbonyl (C=O) groups is 2. The van der Waals surface area contributed by atoms with Crippen LogP contribution in [0.5, 0.6) is 0 Å². The summed E-state index contributed by atoms with van der Waals surface area (Å²) >= 11 is 1.15. The lowest BCUT2D eigenvalue weighted by molar-refractivity contribution is -0.144. The number of aromatic nitrogens is 3. The Bertz CT molecular complexity index is 1000. The first-order valence-electron chi connectivity index (χ1n) is 8.79. The number of ether oxygens (including phenoxy) is 1. The summed E-state index contributed by atoms with van der Waals surface area (Å²) in [7, 11) is 0. The topological polar surface area (TPSA) is 99.2 Å². The molecule has 3 aromatic rings. The molecule has 0 saturated carbocycles. The van der Waals surface area contributed by atoms with Gasteiger partial charge in [0, 0.05) is 12.2 Å². The van der Waals surface area contributed by atoms with Crippen molar-refractivity contribution in [2.45, 2.75) is 25.5 Å². The fraction of sp³-hybridized carbons (Fsp3) is 0.263. The summed E-state index contributed by atoms with van der Waals surface area (Å²) in [5, 5.41) is 11.2. The summed E-state index contributed by atoms with van der Waals surface area (Å²) in [5.74, 6) is -0.446. The molecular weight excluding hydrogens is 399 g/mol. The van der Waals surface area contributed by atoms with Crippen molar-refractivity contribution in [2.24, 2.45) is 0 Å². The van der Waals surface area contributed by atoms with Gasteiger partial charge in [0.2, 0.25) is 0 Å². The average Bonchev–Trinajstić information content (AvgIpc) is 3.36. The minimum atomic E-state index is -0.578. The Morgan fingerprint density at radius 1 is 1.31 bits per heavy atom. The van der Waals surface area contributed by atoms with Crippen molar-refractivity contribution in [1.29, 1.82) is 0 Å². The first-order valence-corrected chi connectivity index (χ1v) is 9.78. The normalized spacial score (nSPS) is 10.7. The van der Waals surface area contributed by atoms with Crippen molar-refractivity contribution >= 4 is 29.3 Å². The van der Waals surface area contributed by atoms with E-state index in [-0.39, 0.29) is 5.75 Å². The molecule has 1 aromatic carbocycles. The molecule has 0 bridgehead atoms. The molecular formula is C19H19FN4O4S. The molecule has 8 nitrogen and oxygen atoms in total. The number of nitrogens with zero attached hydrogens (tertiary/aromatic N) is 3. The Morgan fingerprint density at radius 2 is 2.14 bits per heavy atom. The third-order valence-electron chi connectivity index (χ3n) is 3.91. The van der Waals surface area contributed by atoms with Crippen molar-refractivity contribution in [3.8, 4) is 11.6 Å². The van der Waals surface area contributed by atoms with Gasteiger partial charge in [0.05, 0.1) is 12.0 Å². The molecule has 0 aliphatic carbocycles. The number of thioether (sulfide) groups is 1. The maximum absolute atomic E-state index is 13.5. The molecule has 0 unspecified atom stereocenters. The molecule has 0 aliphatic rings. The number of carbonyl (C=O) groups excluding carboxylic acids is 2. The van der Waals surface area contributed by atoms with E-state index in [4.69, 9.17) is 9.15 Å². The number of amides is 1. The highest BCUT2D eigenvalue weighted by Crippen LogP contribution is 2.24. The maximum atomic E-state index is 13.5. The van der Waals surface area contributed by atoms with Crippen LogP contribution in [0.4, 0.5) is 10.1 Å². The molecule has 2 heterocycles. The van der Waals surface area contributed by atoms with Crippen LogP contribution in [-0.4, -0.2) is 39.0 Å². The molecule has 0 spiro atoms. The molecule has 29 heavy (non-hydrogen) atoms. The van der Waals surface area contributed by atoms with Crippen LogP contribution in [0.25, 0.3) is 11.6 Å². The van der Waals surface area contributed by atoms with Crippen molar-refractivity contribution < 1.29 is 23.1 Å². The highest BCUT2D eigenvalue weighted by molar-refractivity contribution is 7.99. The van der Waals surface area contributed by atoms with E-state index in [2.05, 4.69) is 15.5 Å². The van der Waals surface area contributed by atoms with Gasteiger partial charge >= 0.3 is 5.97 Å². The third-order valence-corrected chi connectivity index (χ3v) is 4.85. The molecule has 1 N–H and O–H groups in total. The Labute approximate surface area is 170 Å². The number of furan rings is 1. The summed E-state index contributed by atoms with van der Waals surface area (Å²) < 4.78 is 25.6. The van der Waals surface area contributed by atoms with Crippen LogP contribution >= 0.6 is 11.8 Å². The molecule has 0 radical (unpaired) electrons. The van der Waals surface area contributed by atoms with Crippen LogP contribution in [0.2, 0.25) is 0 Å². The predicted molar refractivity (Wildman–Crippen MR) is 105 cm³/mol. The van der Waals surface area contributed by atoms with Gasteiger partial charge in [0.15, 0.2) is 23.3 Å². The number of benzene rings is 1. The second kappa shape index (κ2) is 9.37. The summed E-state index contributed by atoms with van der Waals surface area (Å²) in [6.07, 6.45) is 1.55. The van der Waals surface area contributed by atoms with Crippen LogP contribution in [0, 0.1) is 12.7 Å². The zero-order chi connectivity index (χ0) is 20.8. The molecule has 2 aromatic heterocycles. The SMILES string of the molecule is CCn1c(SCC(=O)OCC(=O)Nc2ccc(C)c(F)c2)nnc1-c1ccco1. The number of hydrogen-bond donors (Lipinski definition) is 1. The van der Waals surface area contributed by atoms with E-state index >= 15 is 0 Å². The fourth-order valence-corrected chi connectivity index (χ4v) is 3.25. The molecule has 1 amide bonds. The van der Waals surface area contributed by atoms with Gasteiger partial charge in [-0.3, -0.25) is 14.2 Å². The number of esters is 1. The largest absolute Gasteiger partial charge is 0.461 e. The Kier molecular flexibility index (Phi) is 6.65. The number of aryl methyl sites for hydroxylation is 1. The van der Waals surface area contributed by atoms with Gasteiger partial charge in [-0.25, -0.2) is 4.39 Å². The van der Waals surface area contributed by atoms with Crippen LogP contribution in [0.1, 0.15) is 12.5 Å². The van der Waals surface area contributed by atoms with Crippen LogP contribution in [-0.2, 0) is 20.9 Å². The highest BCUT2D eigenvalue weighted by atomic mass is 32.2. The first kappa shape index (κ1) is 20.6. The lowest BCUT2D eigenvalue weighted by Crippen LogP contribution is -2.21. The van der Waals surface area contributed by atoms with Crippen LogP contribution in [0.15, 0.2) is 46.2 Å². The molecule has 3 rings (SSSR count). The second-order valence-corrected chi connectivity index (χ2v) is 6.93. The van der Waals surface area contributed by atoms with E-state index in [0.29, 0.717) is 34.5 Å². The fourth-order valence-electron chi connectivity index (χ4n) is 2.45. The van der Waals surface area contributed by atoms with Gasteiger partial charge in [-0.2, -0.15) is 0 Å². The number of rotatable bonds is 8. The second-order valence-electron chi connectivity index (χ2n) is 5.99. The molecule has 0 aliphatic heterocycles. The van der Waals surface area contributed by atoms with Gasteiger partial charge in [0.25, 0.3) is 5.91 Å². The Balaban J connectivity index is 1.49. The lowest BCUT2D eigenvalue weighted by atomic mass is 10.2. The van der Waals surface area contributed by atoms with Gasteiger partial charge in [-0.05, 0) is 43.7 Å². The van der Waals surface area contributed by atoms with Gasteiger partial charge in [-0.1, -0.05) is 17.8 Å². The highest BCUT2D eigenvalue weighted by Gasteiger charge is 2.17. The molecule has 0 fully saturated rings. The van der Waals surface area contributed by atoms with Crippen molar-refractivity contribution in [3.63, 3.8) is 0 Å². The summed E-state index contributed by atoms with van der Waals surface area (Å²) in [4.78, 5) is 23.8. The smallest absolute Gasteiger partial charge is 0.316 e. The van der Waals surface area contributed by atoms with E-state index in [1.165, 1.54) is 6.07 Å². The number of anilines is 1. The Morgan fingerprint density at radius 3 is 2.83 bits per heavy atom. The maximum Gasteiger partial charge on any atom is 0.316 e. The molecule has 10 heteroatoms. The number of halogens is 1. The summed E-state index contributed by atoms with van der Waals surface area (Å²) in [5.41, 5.74) is 0.770. The number of nitrogens with one attached hydrogen (secondary N) is 1. The van der Waals surface area contributed by atoms with Gasteiger partial charge < -0.3 is 14.5 Å². The van der Waals surface area contributed by atoms with E-state index in [1.807, 2.05) is 11.5 Å². The van der Waals surface area contributed by atoms with Gasteiger partial charge in [-0.15, -0.1) is 10.2 Å². The minimum absolute atomic E-state index is 0.0390. The van der Waals surface area contributed by atoms with Crippen molar-refractivity contribution in [1.82, 2.24) is 14.8 Å². The first-order chi connectivity index (χ1) is 14.0. The van der Waals surface area contributed by atoms with E-state index in [0.717, 1.165) is 11.8 Å². The molecule has 0 saturated heterocycles. The molecule has 0 atom stereocenters. The zero-order valence-corrected chi connectivity index (χ0v) is 16.7. The minimum Gasteiger partial charge on any atom is -0.461 e. The Hall–Kier alpha value is -3.14. The van der Waals surface area contributed by atoms with Crippen molar-refractivity contribution in [3.05, 3.63) is 48.0 Å². The third kappa shape index (κ3) is 5.23. The van der Waals surface area contributed by atoms with Crippen molar-refractivity contribution in [2.75, 3.05) is 17.7 Å². The zero-order valence-electron chi connectivity index (χ0n) is 15.8.